The first-order valence-electron chi connectivity index (χ1n) is 6.32. The number of hydrogen-bond donors (Lipinski definition) is 3. The highest BCUT2D eigenvalue weighted by Crippen LogP contribution is 2.06. The summed E-state index contributed by atoms with van der Waals surface area (Å²) in [5, 5.41) is 22.2. The molecule has 0 bridgehead atoms. The number of nitrogens with zero attached hydrogens (tertiary/aromatic N) is 5. The minimum absolute atomic E-state index is 0.168. The number of carboxylic acid groups (broad SMARTS) is 1. The Balaban J connectivity index is 1.77. The molecule has 1 atom stereocenters. The number of carbonyl (C=O) groups is 2. The van der Waals surface area contributed by atoms with Crippen molar-refractivity contribution < 1.29 is 14.7 Å². The van der Waals surface area contributed by atoms with E-state index in [1.165, 1.54) is 4.90 Å². The first-order chi connectivity index (χ1) is 9.58. The maximum atomic E-state index is 12.1. The lowest BCUT2D eigenvalue weighted by atomic mass is 10.1. The maximum absolute atomic E-state index is 12.1. The van der Waals surface area contributed by atoms with Crippen molar-refractivity contribution in [3.05, 3.63) is 5.82 Å². The van der Waals surface area contributed by atoms with Crippen molar-refractivity contribution in [3.8, 4) is 0 Å². The Bertz CT molecular complexity index is 455. The van der Waals surface area contributed by atoms with Gasteiger partial charge in [0, 0.05) is 32.6 Å². The van der Waals surface area contributed by atoms with Crippen LogP contribution in [0.2, 0.25) is 0 Å². The van der Waals surface area contributed by atoms with Crippen LogP contribution in [0, 0.1) is 0 Å². The zero-order valence-corrected chi connectivity index (χ0v) is 10.9. The van der Waals surface area contributed by atoms with E-state index in [1.54, 1.807) is 4.90 Å². The standard InChI is InChI=1S/C10H17N7O3/c11-7(1-2-8-12-14-15-13-8)9(18)16-3-5-17(6-4-16)10(19)20/h7H,1-6,11H2,(H,19,20)(H,12,13,14,15)/t7-/m0/s1. The number of piperazine rings is 1. The largest absolute Gasteiger partial charge is 0.465 e. The Labute approximate surface area is 114 Å². The molecule has 10 heteroatoms. The fourth-order valence-corrected chi connectivity index (χ4v) is 2.05. The highest BCUT2D eigenvalue weighted by atomic mass is 16.4. The van der Waals surface area contributed by atoms with Crippen molar-refractivity contribution in [2.75, 3.05) is 26.2 Å². The third-order valence-electron chi connectivity index (χ3n) is 3.25. The Morgan fingerprint density at radius 3 is 2.50 bits per heavy atom. The second-order valence-corrected chi connectivity index (χ2v) is 4.57. The number of amides is 2. The predicted octanol–water partition coefficient (Wildman–Crippen LogP) is -1.72. The molecule has 4 N–H and O–H groups in total. The van der Waals surface area contributed by atoms with Crippen LogP contribution in [0.4, 0.5) is 4.79 Å². The monoisotopic (exact) mass is 283 g/mol. The summed E-state index contributed by atoms with van der Waals surface area (Å²) in [6.45, 7) is 1.39. The third kappa shape index (κ3) is 3.41. The average molecular weight is 283 g/mol. The number of nitrogens with one attached hydrogen (secondary N) is 1. The van der Waals surface area contributed by atoms with E-state index in [0.29, 0.717) is 44.8 Å². The van der Waals surface area contributed by atoms with E-state index in [2.05, 4.69) is 20.6 Å². The first kappa shape index (κ1) is 14.2. The lowest BCUT2D eigenvalue weighted by Crippen LogP contribution is -2.54. The summed E-state index contributed by atoms with van der Waals surface area (Å²) >= 11 is 0. The molecular formula is C10H17N7O3. The normalized spacial score (nSPS) is 17.1. The Morgan fingerprint density at radius 2 is 1.95 bits per heavy atom. The zero-order valence-electron chi connectivity index (χ0n) is 10.9. The summed E-state index contributed by atoms with van der Waals surface area (Å²) in [5.41, 5.74) is 5.85. The molecule has 20 heavy (non-hydrogen) atoms. The lowest BCUT2D eigenvalue weighted by Gasteiger charge is -2.34. The number of aromatic nitrogens is 4. The van der Waals surface area contributed by atoms with Gasteiger partial charge in [0.25, 0.3) is 0 Å². The number of nitrogens with two attached hydrogens (primary N) is 1. The fraction of sp³-hybridized carbons (Fsp3) is 0.700. The van der Waals surface area contributed by atoms with Crippen LogP contribution in [0.3, 0.4) is 0 Å². The van der Waals surface area contributed by atoms with Crippen LogP contribution in [0.25, 0.3) is 0 Å². The Morgan fingerprint density at radius 1 is 1.30 bits per heavy atom. The quantitative estimate of drug-likeness (QED) is 0.596. The number of rotatable bonds is 4. The van der Waals surface area contributed by atoms with Gasteiger partial charge in [-0.2, -0.15) is 5.21 Å². The van der Waals surface area contributed by atoms with Crippen LogP contribution in [0.1, 0.15) is 12.2 Å². The highest BCUT2D eigenvalue weighted by Gasteiger charge is 2.26. The van der Waals surface area contributed by atoms with Crippen molar-refractivity contribution in [1.29, 1.82) is 0 Å². The molecule has 0 unspecified atom stereocenters. The van der Waals surface area contributed by atoms with Crippen LogP contribution in [0.15, 0.2) is 0 Å². The van der Waals surface area contributed by atoms with Gasteiger partial charge in [-0.05, 0) is 6.42 Å². The van der Waals surface area contributed by atoms with Crippen molar-refractivity contribution in [3.63, 3.8) is 0 Å². The number of aromatic amines is 1. The van der Waals surface area contributed by atoms with Gasteiger partial charge in [0.2, 0.25) is 5.91 Å². The van der Waals surface area contributed by atoms with Crippen LogP contribution in [-0.2, 0) is 11.2 Å². The molecular weight excluding hydrogens is 266 g/mol. The smallest absolute Gasteiger partial charge is 0.407 e. The van der Waals surface area contributed by atoms with E-state index in [0.717, 1.165) is 0 Å². The third-order valence-corrected chi connectivity index (χ3v) is 3.25. The fourth-order valence-electron chi connectivity index (χ4n) is 2.05. The summed E-state index contributed by atoms with van der Waals surface area (Å²) in [5.74, 6) is 0.350. The SMILES string of the molecule is N[C@@H](CCc1nn[nH]n1)C(=O)N1CCN(C(=O)O)CC1. The zero-order chi connectivity index (χ0) is 14.5. The van der Waals surface area contributed by atoms with Gasteiger partial charge < -0.3 is 20.6 Å². The summed E-state index contributed by atoms with van der Waals surface area (Å²) < 4.78 is 0. The van der Waals surface area contributed by atoms with E-state index in [1.807, 2.05) is 0 Å². The van der Waals surface area contributed by atoms with E-state index < -0.39 is 12.1 Å². The van der Waals surface area contributed by atoms with Gasteiger partial charge >= 0.3 is 6.09 Å². The van der Waals surface area contributed by atoms with Gasteiger partial charge in [-0.25, -0.2) is 4.79 Å². The van der Waals surface area contributed by atoms with Gasteiger partial charge in [-0.3, -0.25) is 4.79 Å². The molecule has 0 saturated carbocycles. The topological polar surface area (TPSA) is 141 Å². The molecule has 0 aromatic carbocycles. The van der Waals surface area contributed by atoms with Crippen LogP contribution in [-0.4, -0.2) is 79.8 Å². The molecule has 110 valence electrons. The molecule has 1 fully saturated rings. The number of aryl methyl sites for hydroxylation is 1. The molecule has 2 heterocycles. The molecule has 0 aliphatic carbocycles. The molecule has 2 amide bonds. The van der Waals surface area contributed by atoms with Gasteiger partial charge in [0.05, 0.1) is 6.04 Å². The Kier molecular flexibility index (Phi) is 4.45. The summed E-state index contributed by atoms with van der Waals surface area (Å²) in [6.07, 6.45) is -0.0609. The number of carbonyl (C=O) groups excluding carboxylic acids is 1. The van der Waals surface area contributed by atoms with Crippen molar-refractivity contribution in [2.45, 2.75) is 18.9 Å². The molecule has 2 rings (SSSR count). The molecule has 1 aromatic rings. The van der Waals surface area contributed by atoms with Gasteiger partial charge in [0.1, 0.15) is 0 Å². The molecule has 1 aliphatic heterocycles. The second-order valence-electron chi connectivity index (χ2n) is 4.57. The minimum atomic E-state index is -0.960. The van der Waals surface area contributed by atoms with Gasteiger partial charge in [-0.15, -0.1) is 10.2 Å². The summed E-state index contributed by atoms with van der Waals surface area (Å²) in [6, 6.07) is -0.634. The maximum Gasteiger partial charge on any atom is 0.407 e. The predicted molar refractivity (Wildman–Crippen MR) is 66.7 cm³/mol. The van der Waals surface area contributed by atoms with Gasteiger partial charge in [0.15, 0.2) is 5.82 Å². The van der Waals surface area contributed by atoms with Crippen LogP contribution < -0.4 is 5.73 Å². The van der Waals surface area contributed by atoms with Crippen LogP contribution >= 0.6 is 0 Å². The van der Waals surface area contributed by atoms with E-state index in [4.69, 9.17) is 10.8 Å². The summed E-state index contributed by atoms with van der Waals surface area (Å²) in [4.78, 5) is 25.8. The van der Waals surface area contributed by atoms with Gasteiger partial charge in [-0.1, -0.05) is 5.21 Å². The molecule has 0 spiro atoms. The van der Waals surface area contributed by atoms with Crippen LogP contribution in [0.5, 0.6) is 0 Å². The van der Waals surface area contributed by atoms with Crippen molar-refractivity contribution in [1.82, 2.24) is 30.4 Å². The molecule has 0 radical (unpaired) electrons. The first-order valence-corrected chi connectivity index (χ1v) is 6.32. The van der Waals surface area contributed by atoms with Crippen molar-refractivity contribution >= 4 is 12.0 Å². The van der Waals surface area contributed by atoms with E-state index >= 15 is 0 Å². The average Bonchev–Trinajstić information content (AvgIpc) is 2.97. The molecule has 1 aliphatic rings. The highest BCUT2D eigenvalue weighted by molar-refractivity contribution is 5.82. The Hall–Kier alpha value is -2.23. The number of hydrogen-bond acceptors (Lipinski definition) is 6. The minimum Gasteiger partial charge on any atom is -0.465 e. The summed E-state index contributed by atoms with van der Waals surface area (Å²) in [7, 11) is 0. The van der Waals surface area contributed by atoms with E-state index in [-0.39, 0.29) is 5.91 Å². The van der Waals surface area contributed by atoms with E-state index in [9.17, 15) is 9.59 Å². The van der Waals surface area contributed by atoms with Crippen molar-refractivity contribution in [2.24, 2.45) is 5.73 Å². The molecule has 1 aromatic heterocycles. The number of tetrazole rings is 1. The second kappa shape index (κ2) is 6.28. The molecule has 1 saturated heterocycles. The molecule has 10 nitrogen and oxygen atoms in total. The lowest BCUT2D eigenvalue weighted by molar-refractivity contribution is -0.134. The number of H-pyrrole nitrogens is 1.